The number of carbonyl (C=O) groups excluding carboxylic acids is 1. The largest absolute Gasteiger partial charge is 0.420 e. The second-order valence-corrected chi connectivity index (χ2v) is 3.76. The quantitative estimate of drug-likeness (QED) is 0.543. The van der Waals surface area contributed by atoms with E-state index in [9.17, 15) is 31.1 Å². The number of nitrogens with one attached hydrogen (secondary N) is 1. The molecule has 3 nitrogen and oxygen atoms in total. The van der Waals surface area contributed by atoms with Crippen LogP contribution in [0, 0.1) is 0 Å². The Morgan fingerprint density at radius 1 is 1.17 bits per heavy atom. The van der Waals surface area contributed by atoms with E-state index in [0.29, 0.717) is 0 Å². The van der Waals surface area contributed by atoms with Gasteiger partial charge in [-0.15, -0.1) is 0 Å². The molecule has 1 rings (SSSR count). The van der Waals surface area contributed by atoms with E-state index in [4.69, 9.17) is 0 Å². The van der Waals surface area contributed by atoms with E-state index < -0.39 is 49.0 Å². The molecule has 1 fully saturated rings. The maximum Gasteiger partial charge on any atom is 0.420 e. The van der Waals surface area contributed by atoms with Crippen LogP contribution in [0.2, 0.25) is 0 Å². The first-order chi connectivity index (χ1) is 8.01. The van der Waals surface area contributed by atoms with Gasteiger partial charge in [-0.05, 0) is 0 Å². The van der Waals surface area contributed by atoms with Crippen molar-refractivity contribution in [1.29, 1.82) is 0 Å². The van der Waals surface area contributed by atoms with Crippen molar-refractivity contribution < 1.29 is 35.9 Å². The van der Waals surface area contributed by atoms with Crippen molar-refractivity contribution in [3.63, 3.8) is 0 Å². The highest BCUT2D eigenvalue weighted by Gasteiger charge is 2.71. The Kier molecular flexibility index (Phi) is 3.66. The normalized spacial score (nSPS) is 22.1. The molecular formula is C9H9F6NO2. The molecular weight excluding hydrogens is 268 g/mol. The van der Waals surface area contributed by atoms with E-state index in [1.165, 1.54) is 0 Å². The van der Waals surface area contributed by atoms with Gasteiger partial charge in [-0.25, -0.2) is 0 Å². The Morgan fingerprint density at radius 2 is 1.67 bits per heavy atom. The van der Waals surface area contributed by atoms with Crippen molar-refractivity contribution >= 4 is 5.91 Å². The van der Waals surface area contributed by atoms with Crippen molar-refractivity contribution in [1.82, 2.24) is 5.32 Å². The molecule has 1 saturated heterocycles. The van der Waals surface area contributed by atoms with Gasteiger partial charge in [0.1, 0.15) is 0 Å². The number of ether oxygens (including phenoxy) is 1. The van der Waals surface area contributed by atoms with E-state index >= 15 is 0 Å². The van der Waals surface area contributed by atoms with Crippen LogP contribution in [0.15, 0.2) is 12.2 Å². The molecule has 1 heterocycles. The number of hydrogen-bond acceptors (Lipinski definition) is 2. The van der Waals surface area contributed by atoms with Crippen LogP contribution in [0.1, 0.15) is 6.42 Å². The Hall–Kier alpha value is -1.25. The summed E-state index contributed by atoms with van der Waals surface area (Å²) in [5.74, 6) is -1.52. The summed E-state index contributed by atoms with van der Waals surface area (Å²) in [6, 6.07) is 0. The summed E-state index contributed by atoms with van der Waals surface area (Å²) in [5, 5.41) is 0.994. The van der Waals surface area contributed by atoms with Gasteiger partial charge in [-0.3, -0.25) is 4.79 Å². The number of amides is 1. The average Bonchev–Trinajstić information content (AvgIpc) is 2.15. The number of carbonyl (C=O) groups is 1. The molecule has 0 saturated carbocycles. The fourth-order valence-electron chi connectivity index (χ4n) is 1.42. The van der Waals surface area contributed by atoms with E-state index in [1.54, 1.807) is 0 Å². The summed E-state index contributed by atoms with van der Waals surface area (Å²) in [7, 11) is 0. The summed E-state index contributed by atoms with van der Waals surface area (Å²) in [6.45, 7) is 1.86. The third-order valence-electron chi connectivity index (χ3n) is 2.51. The van der Waals surface area contributed by atoms with Gasteiger partial charge in [0.05, 0.1) is 6.61 Å². The standard InChI is InChI=1S/C9H9F6NO2/c1-5-4-18-3-2-7(8(10,11)12,9(13,14)15)16-6(5)17/h1-4H2,(H,16,17). The molecule has 0 atom stereocenters. The molecule has 0 spiro atoms. The Balaban J connectivity index is 3.23. The molecule has 18 heavy (non-hydrogen) atoms. The summed E-state index contributed by atoms with van der Waals surface area (Å²) in [6.07, 6.45) is -12.8. The van der Waals surface area contributed by atoms with Crippen LogP contribution >= 0.6 is 0 Å². The fourth-order valence-corrected chi connectivity index (χ4v) is 1.42. The lowest BCUT2D eigenvalue weighted by molar-refractivity contribution is -0.309. The molecule has 0 radical (unpaired) electrons. The zero-order valence-corrected chi connectivity index (χ0v) is 8.91. The summed E-state index contributed by atoms with van der Waals surface area (Å²) in [4.78, 5) is 11.2. The average molecular weight is 277 g/mol. The van der Waals surface area contributed by atoms with Crippen LogP contribution < -0.4 is 5.32 Å². The van der Waals surface area contributed by atoms with Gasteiger partial charge in [-0.1, -0.05) is 6.58 Å². The fraction of sp³-hybridized carbons (Fsp3) is 0.667. The van der Waals surface area contributed by atoms with E-state index in [0.717, 1.165) is 5.32 Å². The summed E-state index contributed by atoms with van der Waals surface area (Å²) >= 11 is 0. The molecule has 0 aliphatic carbocycles. The first kappa shape index (κ1) is 14.8. The van der Waals surface area contributed by atoms with Crippen molar-refractivity contribution in [2.45, 2.75) is 24.3 Å². The number of halogens is 6. The van der Waals surface area contributed by atoms with Gasteiger partial charge in [0, 0.05) is 18.6 Å². The Bertz CT molecular complexity index is 345. The maximum absolute atomic E-state index is 12.7. The van der Waals surface area contributed by atoms with Crippen LogP contribution in [-0.4, -0.2) is 37.0 Å². The van der Waals surface area contributed by atoms with Crippen LogP contribution in [0.4, 0.5) is 26.3 Å². The van der Waals surface area contributed by atoms with Gasteiger partial charge in [0.25, 0.3) is 0 Å². The minimum absolute atomic E-state index is 0.405. The smallest absolute Gasteiger partial charge is 0.376 e. The summed E-state index contributed by atoms with van der Waals surface area (Å²) in [5.41, 5.74) is -4.80. The number of hydrogen-bond donors (Lipinski definition) is 1. The van der Waals surface area contributed by atoms with Crippen molar-refractivity contribution in [3.8, 4) is 0 Å². The highest BCUT2D eigenvalue weighted by atomic mass is 19.4. The molecule has 0 unspecified atom stereocenters. The van der Waals surface area contributed by atoms with Gasteiger partial charge < -0.3 is 10.1 Å². The predicted molar refractivity (Wildman–Crippen MR) is 47.6 cm³/mol. The molecule has 0 aromatic heterocycles. The van der Waals surface area contributed by atoms with Crippen LogP contribution in [0.3, 0.4) is 0 Å². The van der Waals surface area contributed by atoms with Gasteiger partial charge in [-0.2, -0.15) is 26.3 Å². The van der Waals surface area contributed by atoms with Crippen molar-refractivity contribution in [2.75, 3.05) is 13.2 Å². The highest BCUT2D eigenvalue weighted by molar-refractivity contribution is 5.93. The molecule has 104 valence electrons. The maximum atomic E-state index is 12.7. The molecule has 0 bridgehead atoms. The molecule has 1 aliphatic rings. The molecule has 1 amide bonds. The Morgan fingerprint density at radius 3 is 2.11 bits per heavy atom. The predicted octanol–water partition coefficient (Wildman–Crippen LogP) is 1.94. The number of alkyl halides is 6. The van der Waals surface area contributed by atoms with Crippen LogP contribution in [0.25, 0.3) is 0 Å². The first-order valence-electron chi connectivity index (χ1n) is 4.73. The molecule has 1 aliphatic heterocycles. The van der Waals surface area contributed by atoms with Gasteiger partial charge in [0.15, 0.2) is 0 Å². The van der Waals surface area contributed by atoms with Crippen LogP contribution in [-0.2, 0) is 9.53 Å². The van der Waals surface area contributed by atoms with E-state index in [2.05, 4.69) is 11.3 Å². The van der Waals surface area contributed by atoms with Gasteiger partial charge in [0.2, 0.25) is 11.4 Å². The minimum Gasteiger partial charge on any atom is -0.376 e. The highest BCUT2D eigenvalue weighted by Crippen LogP contribution is 2.45. The van der Waals surface area contributed by atoms with Crippen molar-refractivity contribution in [2.24, 2.45) is 0 Å². The van der Waals surface area contributed by atoms with Gasteiger partial charge >= 0.3 is 12.4 Å². The third kappa shape index (κ3) is 2.45. The second kappa shape index (κ2) is 4.45. The monoisotopic (exact) mass is 277 g/mol. The van der Waals surface area contributed by atoms with E-state index in [-0.39, 0.29) is 0 Å². The molecule has 0 aromatic rings. The van der Waals surface area contributed by atoms with Crippen LogP contribution in [0.5, 0.6) is 0 Å². The van der Waals surface area contributed by atoms with E-state index in [1.807, 2.05) is 0 Å². The molecule has 0 aromatic carbocycles. The second-order valence-electron chi connectivity index (χ2n) is 3.76. The molecule has 1 N–H and O–H groups in total. The number of rotatable bonds is 0. The SMILES string of the molecule is C=C1COCCC(C(F)(F)F)(C(F)(F)F)NC1=O. The topological polar surface area (TPSA) is 38.3 Å². The minimum atomic E-state index is -5.68. The molecule has 9 heteroatoms. The summed E-state index contributed by atoms with van der Waals surface area (Å²) < 4.78 is 80.7. The lowest BCUT2D eigenvalue weighted by Crippen LogP contribution is -2.68. The first-order valence-corrected chi connectivity index (χ1v) is 4.73. The lowest BCUT2D eigenvalue weighted by atomic mass is 9.92. The Labute approximate surface area is 97.8 Å². The lowest BCUT2D eigenvalue weighted by Gasteiger charge is -2.39. The zero-order valence-electron chi connectivity index (χ0n) is 8.91. The zero-order chi connectivity index (χ0) is 14.2. The third-order valence-corrected chi connectivity index (χ3v) is 2.51. The van der Waals surface area contributed by atoms with Crippen molar-refractivity contribution in [3.05, 3.63) is 12.2 Å².